The lowest BCUT2D eigenvalue weighted by Gasteiger charge is -2.16. The second kappa shape index (κ2) is 18.2. The van der Waals surface area contributed by atoms with Crippen LogP contribution in [0.3, 0.4) is 0 Å². The quantitative estimate of drug-likeness (QED) is 0.142. The van der Waals surface area contributed by atoms with Crippen molar-refractivity contribution in [1.29, 1.82) is 0 Å². The molecule has 11 aromatic carbocycles. The molecule has 0 nitrogen and oxygen atoms in total. The molecule has 2 atom stereocenters. The predicted molar refractivity (Wildman–Crippen MR) is 332 cm³/mol. The molecular formula is C80H58. The van der Waals surface area contributed by atoms with E-state index >= 15 is 0 Å². The molecule has 80 heavy (non-hydrogen) atoms. The minimum absolute atomic E-state index is 0.605. The second-order valence-corrected chi connectivity index (χ2v) is 23.6. The minimum atomic E-state index is 0.605. The molecule has 0 heterocycles. The lowest BCUT2D eigenvalue weighted by Crippen LogP contribution is -2.04. The number of allylic oxidation sites excluding steroid dienone is 4. The molecule has 9 aliphatic carbocycles. The zero-order valence-electron chi connectivity index (χ0n) is 44.9. The molecule has 0 spiro atoms. The number of hydrogen-bond donors (Lipinski definition) is 0. The molecule has 0 saturated carbocycles. The Bertz CT molecular complexity index is 4350. The van der Waals surface area contributed by atoms with Gasteiger partial charge in [0.2, 0.25) is 0 Å². The minimum Gasteiger partial charge on any atom is -0.0802 e. The van der Waals surface area contributed by atoms with E-state index in [2.05, 4.69) is 243 Å². The van der Waals surface area contributed by atoms with Gasteiger partial charge in [0.25, 0.3) is 0 Å². The van der Waals surface area contributed by atoms with Gasteiger partial charge in [-0.15, -0.1) is 0 Å². The van der Waals surface area contributed by atoms with Gasteiger partial charge in [0.15, 0.2) is 0 Å². The predicted octanol–water partition coefficient (Wildman–Crippen LogP) is 19.1. The summed E-state index contributed by atoms with van der Waals surface area (Å²) in [7, 11) is 0. The third-order valence-corrected chi connectivity index (χ3v) is 19.3. The summed E-state index contributed by atoms with van der Waals surface area (Å²) in [6.07, 6.45) is 18.0. The molecule has 0 heteroatoms. The Morgan fingerprint density at radius 3 is 1.07 bits per heavy atom. The molecule has 0 radical (unpaired) electrons. The summed E-state index contributed by atoms with van der Waals surface area (Å²) in [5.74, 6) is 1.29. The van der Waals surface area contributed by atoms with Crippen LogP contribution in [0, 0.1) is 5.92 Å². The summed E-state index contributed by atoms with van der Waals surface area (Å²) in [6, 6.07) is 81.0. The van der Waals surface area contributed by atoms with Crippen LogP contribution in [0.4, 0.5) is 0 Å². The zero-order valence-corrected chi connectivity index (χ0v) is 44.9. The summed E-state index contributed by atoms with van der Waals surface area (Å²) < 4.78 is 0. The van der Waals surface area contributed by atoms with Crippen molar-refractivity contribution in [3.63, 3.8) is 0 Å². The molecular weight excluding hydrogens is 961 g/mol. The van der Waals surface area contributed by atoms with Crippen LogP contribution in [0.1, 0.15) is 94.9 Å². The van der Waals surface area contributed by atoms with Crippen molar-refractivity contribution < 1.29 is 0 Å². The van der Waals surface area contributed by atoms with Gasteiger partial charge in [-0.05, 0) is 242 Å². The van der Waals surface area contributed by atoms with Gasteiger partial charge in [0.05, 0.1) is 0 Å². The second-order valence-electron chi connectivity index (χ2n) is 23.6. The molecule has 2 unspecified atom stereocenters. The van der Waals surface area contributed by atoms with Crippen molar-refractivity contribution in [3.8, 4) is 77.9 Å². The third-order valence-electron chi connectivity index (χ3n) is 19.3. The van der Waals surface area contributed by atoms with Crippen LogP contribution >= 0.6 is 0 Å². The summed E-state index contributed by atoms with van der Waals surface area (Å²) >= 11 is 0. The van der Waals surface area contributed by atoms with Crippen LogP contribution in [0.2, 0.25) is 0 Å². The van der Waals surface area contributed by atoms with E-state index in [1.165, 1.54) is 162 Å². The largest absolute Gasteiger partial charge is 0.0802 e. The lowest BCUT2D eigenvalue weighted by molar-refractivity contribution is 0.630. The highest BCUT2D eigenvalue weighted by atomic mass is 14.4. The number of rotatable bonds is 0. The smallest absolute Gasteiger partial charge is 0.00901 e. The molecule has 0 aromatic heterocycles. The first kappa shape index (κ1) is 45.9. The van der Waals surface area contributed by atoms with Gasteiger partial charge in [-0.1, -0.05) is 224 Å². The SMILES string of the molecule is C1=CC2Cc3cc4c(cc3C2C=C1)-c1ccccc1C4.c1ccc2c(c1)Cc1c-2ccc2c1-c1ccccc1C2.c1ccc2c(c1)Cc1cc3c(cc1-2)Cc1ccccc1-3.c1ccc2c(c1)Cc1ccc3c(c1-2)-c1ccccc1C3. The Kier molecular flexibility index (Phi) is 10.5. The molecule has 0 aliphatic heterocycles. The number of benzene rings is 11. The highest BCUT2D eigenvalue weighted by Gasteiger charge is 2.34. The topological polar surface area (TPSA) is 0 Å². The van der Waals surface area contributed by atoms with Crippen molar-refractivity contribution in [2.45, 2.75) is 57.3 Å². The lowest BCUT2D eigenvalue weighted by atomic mass is 9.88. The van der Waals surface area contributed by atoms with E-state index in [1.54, 1.807) is 11.1 Å². The maximum absolute atomic E-state index is 2.48. The molecule has 0 fully saturated rings. The average Bonchev–Trinajstić information content (AvgIpc) is 4.47. The Morgan fingerprint density at radius 1 is 0.225 bits per heavy atom. The van der Waals surface area contributed by atoms with E-state index in [1.807, 2.05) is 0 Å². The van der Waals surface area contributed by atoms with E-state index in [-0.39, 0.29) is 0 Å². The van der Waals surface area contributed by atoms with Crippen LogP contribution in [-0.2, 0) is 51.4 Å². The van der Waals surface area contributed by atoms with Crippen LogP contribution in [0.15, 0.2) is 243 Å². The molecule has 9 aliphatic rings. The summed E-state index contributed by atoms with van der Waals surface area (Å²) in [4.78, 5) is 0. The first-order valence-electron chi connectivity index (χ1n) is 29.2. The number of hydrogen-bond acceptors (Lipinski definition) is 0. The maximum atomic E-state index is 2.48. The zero-order chi connectivity index (χ0) is 52.4. The Balaban J connectivity index is 0.0000000853. The van der Waals surface area contributed by atoms with Crippen molar-refractivity contribution in [1.82, 2.24) is 0 Å². The molecule has 0 saturated heterocycles. The average molecular weight is 1020 g/mol. The van der Waals surface area contributed by atoms with Crippen molar-refractivity contribution >= 4 is 0 Å². The standard InChI is InChI=1S/2C20H14.C20H16.C20H14/c1-3-7-16-14(6-1)12-19-18(16)10-9-15-11-13-5-2-4-8-17(13)20(15)19;1-3-7-17-13(5-1)9-15-11-20-16(12-19(15)17)10-14-6-2-4-8-18(14)20;1-3-7-17-13(5-1)9-15-11-16-10-14-6-2-4-8-18(14)20(16)12-19(15)17;1-3-7-17-13(5-1)11-15-9-10-16-12-14-6-2-4-8-18(14)20(16)19(15)17/h1-10H,11-12H2;1-8,11-12H,9-10H2;1-8,11-13,17H,9-10H2;1-10H,11-12H2. The van der Waals surface area contributed by atoms with Gasteiger partial charge in [-0.25, -0.2) is 0 Å². The fourth-order valence-electron chi connectivity index (χ4n) is 15.7. The molecule has 378 valence electrons. The van der Waals surface area contributed by atoms with Gasteiger partial charge in [-0.3, -0.25) is 0 Å². The Morgan fingerprint density at radius 2 is 0.575 bits per heavy atom. The molecule has 0 bridgehead atoms. The number of fused-ring (bicyclic) bond motifs is 26. The fourth-order valence-corrected chi connectivity index (χ4v) is 15.7. The molecule has 20 rings (SSSR count). The van der Waals surface area contributed by atoms with Gasteiger partial charge in [0, 0.05) is 5.92 Å². The highest BCUT2D eigenvalue weighted by molar-refractivity contribution is 5.96. The Labute approximate surface area is 470 Å². The Hall–Kier alpha value is -9.10. The van der Waals surface area contributed by atoms with Gasteiger partial charge < -0.3 is 0 Å². The van der Waals surface area contributed by atoms with Crippen molar-refractivity contribution in [2.75, 3.05) is 0 Å². The van der Waals surface area contributed by atoms with E-state index in [0.717, 1.165) is 44.9 Å². The van der Waals surface area contributed by atoms with Crippen LogP contribution in [0.25, 0.3) is 77.9 Å². The summed E-state index contributed by atoms with van der Waals surface area (Å²) in [5.41, 5.74) is 44.3. The van der Waals surface area contributed by atoms with Crippen LogP contribution in [0.5, 0.6) is 0 Å². The van der Waals surface area contributed by atoms with E-state index < -0.39 is 0 Å². The van der Waals surface area contributed by atoms with Crippen molar-refractivity contribution in [3.05, 3.63) is 332 Å². The monoisotopic (exact) mass is 1020 g/mol. The van der Waals surface area contributed by atoms with E-state index in [9.17, 15) is 0 Å². The van der Waals surface area contributed by atoms with Crippen LogP contribution in [-0.4, -0.2) is 0 Å². The maximum Gasteiger partial charge on any atom is 0.00901 e. The summed E-state index contributed by atoms with van der Waals surface area (Å²) in [5, 5.41) is 0. The summed E-state index contributed by atoms with van der Waals surface area (Å²) in [6.45, 7) is 0. The molecule has 11 aromatic rings. The van der Waals surface area contributed by atoms with E-state index in [0.29, 0.717) is 11.8 Å². The van der Waals surface area contributed by atoms with Gasteiger partial charge >= 0.3 is 0 Å². The third kappa shape index (κ3) is 7.28. The molecule has 0 amide bonds. The normalized spacial score (nSPS) is 16.2. The van der Waals surface area contributed by atoms with Crippen LogP contribution < -0.4 is 0 Å². The van der Waals surface area contributed by atoms with E-state index in [4.69, 9.17) is 0 Å². The van der Waals surface area contributed by atoms with Crippen molar-refractivity contribution in [2.24, 2.45) is 5.92 Å². The molecule has 0 N–H and O–H groups in total. The highest BCUT2D eigenvalue weighted by Crippen LogP contribution is 2.51. The first-order valence-corrected chi connectivity index (χ1v) is 29.2. The van der Waals surface area contributed by atoms with Gasteiger partial charge in [-0.2, -0.15) is 0 Å². The first-order chi connectivity index (χ1) is 39.6. The fraction of sp³-hybridized carbons (Fsp3) is 0.125. The van der Waals surface area contributed by atoms with Gasteiger partial charge in [0.1, 0.15) is 0 Å².